The summed E-state index contributed by atoms with van der Waals surface area (Å²) in [7, 11) is 0. The van der Waals surface area contributed by atoms with Crippen LogP contribution in [-0.2, 0) is 22.6 Å². The monoisotopic (exact) mass is 474 g/mol. The van der Waals surface area contributed by atoms with Crippen LogP contribution in [0.25, 0.3) is 0 Å². The Bertz CT molecular complexity index is 950. The van der Waals surface area contributed by atoms with E-state index in [0.717, 1.165) is 47.9 Å². The predicted molar refractivity (Wildman–Crippen MR) is 131 cm³/mol. The average Bonchev–Trinajstić information content (AvgIpc) is 3.21. The molecule has 1 saturated carbocycles. The molecular formula is C26H32Cl2N2O2. The first-order valence-corrected chi connectivity index (χ1v) is 12.1. The van der Waals surface area contributed by atoms with Gasteiger partial charge >= 0.3 is 0 Å². The van der Waals surface area contributed by atoms with Crippen molar-refractivity contribution in [2.45, 2.75) is 77.9 Å². The van der Waals surface area contributed by atoms with Crippen LogP contribution >= 0.6 is 23.2 Å². The Morgan fingerprint density at radius 1 is 1.06 bits per heavy atom. The SMILES string of the molecule is CCC(C(=O)NC1CCCC1)N(Cc1ccc(Cl)cc1Cl)C(=O)Cc1cc(C)cc(C)c1. The van der Waals surface area contributed by atoms with Crippen molar-refractivity contribution in [2.75, 3.05) is 0 Å². The Labute approximate surface area is 201 Å². The summed E-state index contributed by atoms with van der Waals surface area (Å²) in [6.07, 6.45) is 5.04. The van der Waals surface area contributed by atoms with Gasteiger partial charge in [-0.2, -0.15) is 0 Å². The zero-order chi connectivity index (χ0) is 23.3. The maximum Gasteiger partial charge on any atom is 0.243 e. The smallest absolute Gasteiger partial charge is 0.243 e. The van der Waals surface area contributed by atoms with Gasteiger partial charge < -0.3 is 10.2 Å². The largest absolute Gasteiger partial charge is 0.352 e. The molecule has 0 aromatic heterocycles. The van der Waals surface area contributed by atoms with Crippen LogP contribution in [0.15, 0.2) is 36.4 Å². The van der Waals surface area contributed by atoms with Gasteiger partial charge in [-0.05, 0) is 56.4 Å². The number of amides is 2. The molecule has 3 rings (SSSR count). The minimum Gasteiger partial charge on any atom is -0.352 e. The molecule has 0 saturated heterocycles. The number of benzene rings is 2. The normalized spacial score (nSPS) is 14.9. The molecule has 2 amide bonds. The highest BCUT2D eigenvalue weighted by molar-refractivity contribution is 6.35. The van der Waals surface area contributed by atoms with Gasteiger partial charge in [0.15, 0.2) is 0 Å². The van der Waals surface area contributed by atoms with Crippen molar-refractivity contribution in [1.29, 1.82) is 0 Å². The Kier molecular flexibility index (Phi) is 8.61. The Hall–Kier alpha value is -2.04. The van der Waals surface area contributed by atoms with Gasteiger partial charge in [0.1, 0.15) is 6.04 Å². The number of aryl methyl sites for hydroxylation is 2. The van der Waals surface area contributed by atoms with Gasteiger partial charge in [0.25, 0.3) is 0 Å². The number of hydrogen-bond donors (Lipinski definition) is 1. The lowest BCUT2D eigenvalue weighted by Gasteiger charge is -2.32. The van der Waals surface area contributed by atoms with Crippen molar-refractivity contribution in [2.24, 2.45) is 0 Å². The quantitative estimate of drug-likeness (QED) is 0.508. The van der Waals surface area contributed by atoms with E-state index in [-0.39, 0.29) is 30.8 Å². The van der Waals surface area contributed by atoms with E-state index in [4.69, 9.17) is 23.2 Å². The second-order valence-corrected chi connectivity index (χ2v) is 9.69. The van der Waals surface area contributed by atoms with Crippen molar-refractivity contribution in [3.05, 3.63) is 68.7 Å². The lowest BCUT2D eigenvalue weighted by molar-refractivity contribution is -0.141. The molecule has 172 valence electrons. The lowest BCUT2D eigenvalue weighted by atomic mass is 10.0. The molecule has 6 heteroatoms. The molecular weight excluding hydrogens is 443 g/mol. The Balaban J connectivity index is 1.87. The highest BCUT2D eigenvalue weighted by Gasteiger charge is 2.31. The summed E-state index contributed by atoms with van der Waals surface area (Å²) in [4.78, 5) is 28.4. The first-order chi connectivity index (χ1) is 15.3. The molecule has 2 aromatic carbocycles. The van der Waals surface area contributed by atoms with Crippen molar-refractivity contribution in [3.63, 3.8) is 0 Å². The van der Waals surface area contributed by atoms with Crippen molar-refractivity contribution in [3.8, 4) is 0 Å². The molecule has 1 aliphatic rings. The van der Waals surface area contributed by atoms with E-state index in [1.165, 1.54) is 0 Å². The summed E-state index contributed by atoms with van der Waals surface area (Å²) in [5.74, 6) is -0.173. The van der Waals surface area contributed by atoms with E-state index in [9.17, 15) is 9.59 Å². The van der Waals surface area contributed by atoms with Crippen LogP contribution in [0.5, 0.6) is 0 Å². The summed E-state index contributed by atoms with van der Waals surface area (Å²) >= 11 is 12.5. The third-order valence-corrected chi connectivity index (χ3v) is 6.67. The average molecular weight is 475 g/mol. The van der Waals surface area contributed by atoms with Crippen LogP contribution < -0.4 is 5.32 Å². The van der Waals surface area contributed by atoms with E-state index < -0.39 is 6.04 Å². The highest BCUT2D eigenvalue weighted by Crippen LogP contribution is 2.25. The van der Waals surface area contributed by atoms with Crippen LogP contribution in [0.1, 0.15) is 61.3 Å². The van der Waals surface area contributed by atoms with Crippen molar-refractivity contribution >= 4 is 35.0 Å². The van der Waals surface area contributed by atoms with Gasteiger partial charge in [-0.3, -0.25) is 9.59 Å². The minimum atomic E-state index is -0.555. The maximum atomic E-state index is 13.5. The van der Waals surface area contributed by atoms with Gasteiger partial charge in [0.2, 0.25) is 11.8 Å². The van der Waals surface area contributed by atoms with Crippen LogP contribution in [-0.4, -0.2) is 28.8 Å². The van der Waals surface area contributed by atoms with E-state index in [2.05, 4.69) is 11.4 Å². The molecule has 1 fully saturated rings. The van der Waals surface area contributed by atoms with E-state index in [1.54, 1.807) is 17.0 Å². The second kappa shape index (κ2) is 11.2. The number of nitrogens with one attached hydrogen (secondary N) is 1. The van der Waals surface area contributed by atoms with E-state index in [0.29, 0.717) is 16.5 Å². The van der Waals surface area contributed by atoms with Gasteiger partial charge in [0, 0.05) is 22.6 Å². The Morgan fingerprint density at radius 3 is 2.31 bits per heavy atom. The molecule has 0 spiro atoms. The highest BCUT2D eigenvalue weighted by atomic mass is 35.5. The molecule has 32 heavy (non-hydrogen) atoms. The Morgan fingerprint density at radius 2 is 1.72 bits per heavy atom. The number of hydrogen-bond acceptors (Lipinski definition) is 2. The molecule has 4 nitrogen and oxygen atoms in total. The molecule has 0 bridgehead atoms. The van der Waals surface area contributed by atoms with Crippen LogP contribution in [0.4, 0.5) is 0 Å². The van der Waals surface area contributed by atoms with Gasteiger partial charge in [-0.15, -0.1) is 0 Å². The molecule has 0 radical (unpaired) electrons. The summed E-state index contributed by atoms with van der Waals surface area (Å²) in [5, 5.41) is 4.20. The van der Waals surface area contributed by atoms with E-state index >= 15 is 0 Å². The predicted octanol–water partition coefficient (Wildman–Crippen LogP) is 6.02. The summed E-state index contributed by atoms with van der Waals surface area (Å²) in [6, 6.07) is 11.0. The molecule has 2 aromatic rings. The number of rotatable bonds is 8. The fraction of sp³-hybridized carbons (Fsp3) is 0.462. The third-order valence-electron chi connectivity index (χ3n) is 6.08. The fourth-order valence-corrected chi connectivity index (χ4v) is 5.04. The number of carbonyl (C=O) groups excluding carboxylic acids is 2. The van der Waals surface area contributed by atoms with Crippen molar-refractivity contribution in [1.82, 2.24) is 10.2 Å². The van der Waals surface area contributed by atoms with Gasteiger partial charge in [-0.25, -0.2) is 0 Å². The fourth-order valence-electron chi connectivity index (χ4n) is 4.57. The lowest BCUT2D eigenvalue weighted by Crippen LogP contribution is -2.51. The molecule has 1 aliphatic carbocycles. The van der Waals surface area contributed by atoms with Crippen LogP contribution in [0.3, 0.4) is 0 Å². The first-order valence-electron chi connectivity index (χ1n) is 11.4. The molecule has 0 aliphatic heterocycles. The van der Waals surface area contributed by atoms with Crippen LogP contribution in [0.2, 0.25) is 10.0 Å². The van der Waals surface area contributed by atoms with E-state index in [1.807, 2.05) is 39.0 Å². The number of halogens is 2. The second-order valence-electron chi connectivity index (χ2n) is 8.84. The standard InChI is InChI=1S/C26H32Cl2N2O2/c1-4-24(26(32)29-22-7-5-6-8-22)30(16-20-9-10-21(27)15-23(20)28)25(31)14-19-12-17(2)11-18(3)13-19/h9-13,15,22,24H,4-8,14,16H2,1-3H3,(H,29,32). The minimum absolute atomic E-state index is 0.0849. The first kappa shape index (κ1) is 24.6. The topological polar surface area (TPSA) is 49.4 Å². The molecule has 1 unspecified atom stereocenters. The molecule has 0 heterocycles. The van der Waals surface area contributed by atoms with Gasteiger partial charge in [0.05, 0.1) is 6.42 Å². The summed E-state index contributed by atoms with van der Waals surface area (Å²) in [5.41, 5.74) is 3.96. The maximum absolute atomic E-state index is 13.5. The van der Waals surface area contributed by atoms with Gasteiger partial charge in [-0.1, -0.05) is 78.4 Å². The number of nitrogens with zero attached hydrogens (tertiary/aromatic N) is 1. The van der Waals surface area contributed by atoms with Crippen LogP contribution in [0, 0.1) is 13.8 Å². The summed E-state index contributed by atoms with van der Waals surface area (Å²) < 4.78 is 0. The zero-order valence-electron chi connectivity index (χ0n) is 19.1. The molecule has 1 atom stereocenters. The summed E-state index contributed by atoms with van der Waals surface area (Å²) in [6.45, 7) is 6.25. The number of carbonyl (C=O) groups is 2. The van der Waals surface area contributed by atoms with Crippen molar-refractivity contribution < 1.29 is 9.59 Å². The third kappa shape index (κ3) is 6.49. The zero-order valence-corrected chi connectivity index (χ0v) is 20.6. The molecule has 1 N–H and O–H groups in total.